The number of nitrogens with one attached hydrogen (secondary N) is 2. The Morgan fingerprint density at radius 3 is 2.41 bits per heavy atom. The Bertz CT molecular complexity index is 962. The smallest absolute Gasteiger partial charge is 0.275 e. The lowest BCUT2D eigenvalue weighted by molar-refractivity contribution is 0.102. The first-order valence-electron chi connectivity index (χ1n) is 8.23. The first-order chi connectivity index (χ1) is 13.2. The van der Waals surface area contributed by atoms with E-state index in [9.17, 15) is 4.79 Å². The number of carbonyl (C=O) groups excluding carboxylic acids is 1. The lowest BCUT2D eigenvalue weighted by atomic mass is 10.2. The number of aromatic nitrogens is 2. The van der Waals surface area contributed by atoms with Crippen molar-refractivity contribution in [1.82, 2.24) is 9.97 Å². The van der Waals surface area contributed by atoms with E-state index in [1.165, 1.54) is 12.4 Å². The van der Waals surface area contributed by atoms with Gasteiger partial charge in [-0.2, -0.15) is 0 Å². The molecular formula is C19H15ClN4O3. The molecule has 27 heavy (non-hydrogen) atoms. The van der Waals surface area contributed by atoms with Crippen LogP contribution in [0, 0.1) is 0 Å². The van der Waals surface area contributed by atoms with Gasteiger partial charge in [-0.1, -0.05) is 11.6 Å². The van der Waals surface area contributed by atoms with Crippen LogP contribution in [0.5, 0.6) is 11.5 Å². The SMILES string of the molecule is O=C(Nc1ccc2c(c1)OCCO2)c1cnc(Nc2ccc(Cl)cc2)cn1. The number of carbonyl (C=O) groups is 1. The summed E-state index contributed by atoms with van der Waals surface area (Å²) in [5.41, 5.74) is 1.61. The molecule has 1 aliphatic rings. The Morgan fingerprint density at radius 2 is 1.67 bits per heavy atom. The van der Waals surface area contributed by atoms with Gasteiger partial charge in [-0.15, -0.1) is 0 Å². The zero-order valence-electron chi connectivity index (χ0n) is 14.1. The maximum atomic E-state index is 12.4. The van der Waals surface area contributed by atoms with Crippen LogP contribution in [0.2, 0.25) is 5.02 Å². The molecule has 1 amide bonds. The third kappa shape index (κ3) is 4.09. The molecule has 8 heteroatoms. The predicted molar refractivity (Wildman–Crippen MR) is 102 cm³/mol. The molecular weight excluding hydrogens is 368 g/mol. The molecule has 2 aromatic carbocycles. The number of rotatable bonds is 4. The molecule has 0 fully saturated rings. The van der Waals surface area contributed by atoms with E-state index in [0.717, 1.165) is 5.69 Å². The number of fused-ring (bicyclic) bond motifs is 1. The van der Waals surface area contributed by atoms with Gasteiger partial charge >= 0.3 is 0 Å². The molecule has 0 saturated heterocycles. The fourth-order valence-corrected chi connectivity index (χ4v) is 2.63. The molecule has 136 valence electrons. The highest BCUT2D eigenvalue weighted by atomic mass is 35.5. The number of halogens is 1. The third-order valence-electron chi connectivity index (χ3n) is 3.80. The van der Waals surface area contributed by atoms with Crippen molar-refractivity contribution in [2.45, 2.75) is 0 Å². The van der Waals surface area contributed by atoms with Gasteiger partial charge in [0.15, 0.2) is 11.5 Å². The van der Waals surface area contributed by atoms with E-state index in [2.05, 4.69) is 20.6 Å². The first kappa shape index (κ1) is 17.1. The minimum Gasteiger partial charge on any atom is -0.486 e. The summed E-state index contributed by atoms with van der Waals surface area (Å²) >= 11 is 5.86. The third-order valence-corrected chi connectivity index (χ3v) is 4.05. The Labute approximate surface area is 160 Å². The van der Waals surface area contributed by atoms with E-state index in [1.54, 1.807) is 30.3 Å². The zero-order valence-corrected chi connectivity index (χ0v) is 14.9. The molecule has 4 rings (SSSR count). The highest BCUT2D eigenvalue weighted by Crippen LogP contribution is 2.32. The molecule has 2 N–H and O–H groups in total. The standard InChI is InChI=1S/C19H15ClN4O3/c20-12-1-3-13(4-2-12)23-18-11-21-15(10-22-18)19(25)24-14-5-6-16-17(9-14)27-8-7-26-16/h1-6,9-11H,7-8H2,(H,22,23)(H,24,25). The molecule has 7 nitrogen and oxygen atoms in total. The first-order valence-corrected chi connectivity index (χ1v) is 8.61. The van der Waals surface area contributed by atoms with Crippen LogP contribution in [0.1, 0.15) is 10.5 Å². The van der Waals surface area contributed by atoms with Crippen molar-refractivity contribution in [2.75, 3.05) is 23.8 Å². The lowest BCUT2D eigenvalue weighted by Gasteiger charge is -2.18. The van der Waals surface area contributed by atoms with Gasteiger partial charge in [0.1, 0.15) is 24.7 Å². The number of ether oxygens (including phenoxy) is 2. The average Bonchev–Trinajstić information content (AvgIpc) is 2.70. The Balaban J connectivity index is 1.42. The highest BCUT2D eigenvalue weighted by molar-refractivity contribution is 6.30. The van der Waals surface area contributed by atoms with Crippen LogP contribution >= 0.6 is 11.6 Å². The van der Waals surface area contributed by atoms with Crippen LogP contribution in [0.4, 0.5) is 17.2 Å². The second-order valence-electron chi connectivity index (χ2n) is 5.73. The van der Waals surface area contributed by atoms with Crippen LogP contribution in [-0.4, -0.2) is 29.1 Å². The van der Waals surface area contributed by atoms with E-state index in [1.807, 2.05) is 12.1 Å². The summed E-state index contributed by atoms with van der Waals surface area (Å²) in [5.74, 6) is 1.43. The Morgan fingerprint density at radius 1 is 0.926 bits per heavy atom. The number of amides is 1. The lowest BCUT2D eigenvalue weighted by Crippen LogP contribution is -2.17. The van der Waals surface area contributed by atoms with Crippen molar-refractivity contribution in [3.05, 3.63) is 65.6 Å². The molecule has 1 aromatic heterocycles. The summed E-state index contributed by atoms with van der Waals surface area (Å²) in [6, 6.07) is 12.4. The van der Waals surface area contributed by atoms with Crippen molar-refractivity contribution in [1.29, 1.82) is 0 Å². The van der Waals surface area contributed by atoms with Crippen LogP contribution < -0.4 is 20.1 Å². The summed E-state index contributed by atoms with van der Waals surface area (Å²) in [7, 11) is 0. The van der Waals surface area contributed by atoms with Crippen molar-refractivity contribution in [3.8, 4) is 11.5 Å². The topological polar surface area (TPSA) is 85.4 Å². The van der Waals surface area contributed by atoms with Crippen molar-refractivity contribution in [3.63, 3.8) is 0 Å². The number of hydrogen-bond acceptors (Lipinski definition) is 6. The van der Waals surface area contributed by atoms with Gasteiger partial charge in [-0.05, 0) is 36.4 Å². The van der Waals surface area contributed by atoms with Crippen LogP contribution in [0.25, 0.3) is 0 Å². The molecule has 0 aliphatic carbocycles. The van der Waals surface area contributed by atoms with Gasteiger partial charge in [-0.25, -0.2) is 9.97 Å². The van der Waals surface area contributed by atoms with Crippen LogP contribution in [-0.2, 0) is 0 Å². The fourth-order valence-electron chi connectivity index (χ4n) is 2.51. The van der Waals surface area contributed by atoms with E-state index in [-0.39, 0.29) is 11.6 Å². The second kappa shape index (κ2) is 7.51. The minimum atomic E-state index is -0.364. The Hall–Kier alpha value is -3.32. The Kier molecular flexibility index (Phi) is 4.76. The number of benzene rings is 2. The molecule has 0 spiro atoms. The van der Waals surface area contributed by atoms with Gasteiger partial charge < -0.3 is 20.1 Å². The minimum absolute atomic E-state index is 0.201. The van der Waals surface area contributed by atoms with E-state index >= 15 is 0 Å². The molecule has 0 unspecified atom stereocenters. The molecule has 0 radical (unpaired) electrons. The molecule has 0 saturated carbocycles. The fraction of sp³-hybridized carbons (Fsp3) is 0.105. The van der Waals surface area contributed by atoms with E-state index < -0.39 is 0 Å². The molecule has 0 atom stereocenters. The average molecular weight is 383 g/mol. The number of hydrogen-bond donors (Lipinski definition) is 2. The highest BCUT2D eigenvalue weighted by Gasteiger charge is 2.14. The van der Waals surface area contributed by atoms with Crippen LogP contribution in [0.3, 0.4) is 0 Å². The summed E-state index contributed by atoms with van der Waals surface area (Å²) < 4.78 is 11.0. The van der Waals surface area contributed by atoms with Gasteiger partial charge in [-0.3, -0.25) is 4.79 Å². The molecule has 1 aliphatic heterocycles. The van der Waals surface area contributed by atoms with Crippen molar-refractivity contribution in [2.24, 2.45) is 0 Å². The van der Waals surface area contributed by atoms with E-state index in [4.69, 9.17) is 21.1 Å². The van der Waals surface area contributed by atoms with Crippen molar-refractivity contribution < 1.29 is 14.3 Å². The van der Waals surface area contributed by atoms with Gasteiger partial charge in [0.25, 0.3) is 5.91 Å². The second-order valence-corrected chi connectivity index (χ2v) is 6.17. The van der Waals surface area contributed by atoms with E-state index in [0.29, 0.717) is 41.2 Å². The normalized spacial score (nSPS) is 12.3. The van der Waals surface area contributed by atoms with Crippen LogP contribution in [0.15, 0.2) is 54.9 Å². The maximum absolute atomic E-state index is 12.4. The van der Waals surface area contributed by atoms with Gasteiger partial charge in [0.05, 0.1) is 12.4 Å². The quantitative estimate of drug-likeness (QED) is 0.711. The molecule has 0 bridgehead atoms. The molecule has 2 heterocycles. The molecule has 3 aromatic rings. The van der Waals surface area contributed by atoms with Crippen molar-refractivity contribution >= 4 is 34.7 Å². The monoisotopic (exact) mass is 382 g/mol. The number of nitrogens with zero attached hydrogens (tertiary/aromatic N) is 2. The summed E-state index contributed by atoms with van der Waals surface area (Å²) in [6.07, 6.45) is 2.90. The summed E-state index contributed by atoms with van der Waals surface area (Å²) in [4.78, 5) is 20.7. The largest absolute Gasteiger partial charge is 0.486 e. The predicted octanol–water partition coefficient (Wildman–Crippen LogP) is 3.90. The number of anilines is 3. The van der Waals surface area contributed by atoms with Gasteiger partial charge in [0, 0.05) is 22.5 Å². The summed E-state index contributed by atoms with van der Waals surface area (Å²) in [5, 5.41) is 6.51. The zero-order chi connectivity index (χ0) is 18.6. The maximum Gasteiger partial charge on any atom is 0.275 e. The summed E-state index contributed by atoms with van der Waals surface area (Å²) in [6.45, 7) is 1.00. The van der Waals surface area contributed by atoms with Gasteiger partial charge in [0.2, 0.25) is 0 Å².